The van der Waals surface area contributed by atoms with E-state index < -0.39 is 12.1 Å². The Bertz CT molecular complexity index is 975. The van der Waals surface area contributed by atoms with Crippen LogP contribution in [0.25, 0.3) is 0 Å². The van der Waals surface area contributed by atoms with Gasteiger partial charge in [-0.2, -0.15) is 0 Å². The molecule has 0 heterocycles. The first-order chi connectivity index (χ1) is 33.5. The highest BCUT2D eigenvalue weighted by Crippen LogP contribution is 2.19. The van der Waals surface area contributed by atoms with E-state index in [4.69, 9.17) is 4.74 Å². The number of unbranched alkanes of at least 4 members (excludes halogenated alkanes) is 48. The predicted octanol–water partition coefficient (Wildman–Crippen LogP) is 19.5. The van der Waals surface area contributed by atoms with Crippen LogP contribution in [-0.2, 0) is 14.3 Å². The number of carbonyl (C=O) groups excluding carboxylic acids is 2. The van der Waals surface area contributed by atoms with Gasteiger partial charge in [0.15, 0.2) is 0 Å². The summed E-state index contributed by atoms with van der Waals surface area (Å²) < 4.78 is 5.50. The molecule has 0 aromatic heterocycles. The summed E-state index contributed by atoms with van der Waals surface area (Å²) in [5, 5.41) is 23.3. The van der Waals surface area contributed by atoms with Gasteiger partial charge in [-0.05, 0) is 25.7 Å². The van der Waals surface area contributed by atoms with Gasteiger partial charge in [-0.15, -0.1) is 0 Å². The molecule has 0 aliphatic carbocycles. The van der Waals surface area contributed by atoms with Crippen LogP contribution in [-0.4, -0.2) is 47.4 Å². The van der Waals surface area contributed by atoms with Gasteiger partial charge in [0.1, 0.15) is 0 Å². The van der Waals surface area contributed by atoms with Crippen molar-refractivity contribution in [1.29, 1.82) is 0 Å². The highest BCUT2D eigenvalue weighted by molar-refractivity contribution is 5.76. The van der Waals surface area contributed by atoms with Gasteiger partial charge in [0, 0.05) is 12.8 Å². The maximum Gasteiger partial charge on any atom is 0.305 e. The van der Waals surface area contributed by atoms with Crippen LogP contribution in [0.3, 0.4) is 0 Å². The molecule has 1 amide bonds. The van der Waals surface area contributed by atoms with E-state index in [0.717, 1.165) is 44.9 Å². The third-order valence-electron chi connectivity index (χ3n) is 14.9. The summed E-state index contributed by atoms with van der Waals surface area (Å²) in [6.07, 6.45) is 68.2. The van der Waals surface area contributed by atoms with E-state index in [2.05, 4.69) is 19.2 Å². The largest absolute Gasteiger partial charge is 0.466 e. The Kier molecular flexibility index (Phi) is 57.5. The molecule has 0 spiro atoms. The van der Waals surface area contributed by atoms with Crippen LogP contribution in [0.2, 0.25) is 0 Å². The molecule has 2 unspecified atom stereocenters. The lowest BCUT2D eigenvalue weighted by atomic mass is 10.0. The molecule has 406 valence electrons. The Labute approximate surface area is 426 Å². The lowest BCUT2D eigenvalue weighted by Crippen LogP contribution is -2.45. The summed E-state index contributed by atoms with van der Waals surface area (Å²) in [5.41, 5.74) is 0. The standard InChI is InChI=1S/C62H123NO5/c1-3-5-7-9-11-13-15-17-19-21-23-26-30-34-38-42-46-50-54-60(65)59(58-64)63-61(66)55-51-47-43-39-35-31-27-25-29-33-37-41-45-49-53-57-68-62(67)56-52-48-44-40-36-32-28-24-22-20-18-16-14-12-10-8-6-4-2/h59-60,64-65H,3-58H2,1-2H3,(H,63,66). The summed E-state index contributed by atoms with van der Waals surface area (Å²) in [6, 6.07) is -0.547. The lowest BCUT2D eigenvalue weighted by molar-refractivity contribution is -0.143. The molecule has 0 saturated heterocycles. The van der Waals surface area contributed by atoms with E-state index in [1.165, 1.54) is 283 Å². The third-order valence-corrected chi connectivity index (χ3v) is 14.9. The number of ether oxygens (including phenoxy) is 1. The Hall–Kier alpha value is -1.14. The number of aliphatic hydroxyl groups is 2. The van der Waals surface area contributed by atoms with E-state index in [1.54, 1.807) is 0 Å². The molecule has 0 aromatic rings. The molecule has 0 bridgehead atoms. The highest BCUT2D eigenvalue weighted by atomic mass is 16.5. The second kappa shape index (κ2) is 58.4. The number of hydrogen-bond donors (Lipinski definition) is 3. The predicted molar refractivity (Wildman–Crippen MR) is 297 cm³/mol. The maximum atomic E-state index is 12.5. The average Bonchev–Trinajstić information content (AvgIpc) is 3.34. The monoisotopic (exact) mass is 962 g/mol. The van der Waals surface area contributed by atoms with E-state index in [0.29, 0.717) is 25.9 Å². The van der Waals surface area contributed by atoms with E-state index in [1.807, 2.05) is 0 Å². The molecule has 2 atom stereocenters. The molecule has 0 fully saturated rings. The molecule has 68 heavy (non-hydrogen) atoms. The molecule has 6 nitrogen and oxygen atoms in total. The number of esters is 1. The van der Waals surface area contributed by atoms with Crippen molar-refractivity contribution in [2.45, 2.75) is 373 Å². The first kappa shape index (κ1) is 66.9. The van der Waals surface area contributed by atoms with Crippen LogP contribution in [0.15, 0.2) is 0 Å². The van der Waals surface area contributed by atoms with Gasteiger partial charge in [0.2, 0.25) is 5.91 Å². The van der Waals surface area contributed by atoms with Gasteiger partial charge in [0.25, 0.3) is 0 Å². The molecular weight excluding hydrogens is 839 g/mol. The fraction of sp³-hybridized carbons (Fsp3) is 0.968. The van der Waals surface area contributed by atoms with Crippen LogP contribution in [0.4, 0.5) is 0 Å². The minimum Gasteiger partial charge on any atom is -0.466 e. The van der Waals surface area contributed by atoms with Crippen LogP contribution >= 0.6 is 0 Å². The number of amides is 1. The van der Waals surface area contributed by atoms with Crippen molar-refractivity contribution in [3.8, 4) is 0 Å². The quantitative estimate of drug-likeness (QED) is 0.0417. The zero-order valence-electron chi connectivity index (χ0n) is 46.4. The Morgan fingerprint density at radius 3 is 0.897 bits per heavy atom. The lowest BCUT2D eigenvalue weighted by Gasteiger charge is -2.22. The molecule has 6 heteroatoms. The Morgan fingerprint density at radius 1 is 0.353 bits per heavy atom. The van der Waals surface area contributed by atoms with Gasteiger partial charge in [-0.3, -0.25) is 9.59 Å². The highest BCUT2D eigenvalue weighted by Gasteiger charge is 2.20. The molecule has 0 aliphatic heterocycles. The van der Waals surface area contributed by atoms with Gasteiger partial charge in [-0.25, -0.2) is 0 Å². The number of rotatable bonds is 59. The van der Waals surface area contributed by atoms with E-state index in [-0.39, 0.29) is 18.5 Å². The van der Waals surface area contributed by atoms with Gasteiger partial charge in [0.05, 0.1) is 25.4 Å². The fourth-order valence-electron chi connectivity index (χ4n) is 10.1. The number of nitrogens with one attached hydrogen (secondary N) is 1. The van der Waals surface area contributed by atoms with Crippen LogP contribution in [0, 0.1) is 0 Å². The number of hydrogen-bond acceptors (Lipinski definition) is 5. The summed E-state index contributed by atoms with van der Waals surface area (Å²) in [5.74, 6) is -0.0327. The average molecular weight is 963 g/mol. The summed E-state index contributed by atoms with van der Waals surface area (Å²) in [6.45, 7) is 4.98. The minimum atomic E-state index is -0.669. The number of aliphatic hydroxyl groups excluding tert-OH is 2. The molecule has 3 N–H and O–H groups in total. The maximum absolute atomic E-state index is 12.5. The Balaban J connectivity index is 3.39. The van der Waals surface area contributed by atoms with Crippen molar-refractivity contribution < 1.29 is 24.5 Å². The molecular formula is C62H123NO5. The first-order valence-corrected chi connectivity index (χ1v) is 31.3. The van der Waals surface area contributed by atoms with Gasteiger partial charge < -0.3 is 20.3 Å². The van der Waals surface area contributed by atoms with Crippen LogP contribution in [0.5, 0.6) is 0 Å². The van der Waals surface area contributed by atoms with Crippen molar-refractivity contribution in [3.63, 3.8) is 0 Å². The number of carbonyl (C=O) groups is 2. The molecule has 0 aliphatic rings. The topological polar surface area (TPSA) is 95.9 Å². The van der Waals surface area contributed by atoms with Crippen molar-refractivity contribution >= 4 is 11.9 Å². The summed E-state index contributed by atoms with van der Waals surface area (Å²) in [7, 11) is 0. The van der Waals surface area contributed by atoms with Crippen LogP contribution < -0.4 is 5.32 Å². The van der Waals surface area contributed by atoms with Crippen molar-refractivity contribution in [1.82, 2.24) is 5.32 Å². The SMILES string of the molecule is CCCCCCCCCCCCCCCCCCCCC(=O)OCCCCCCCCCCCCCCCCCC(=O)NC(CO)C(O)CCCCCCCCCCCCCCCCCCCC. The Morgan fingerprint density at radius 2 is 0.603 bits per heavy atom. The summed E-state index contributed by atoms with van der Waals surface area (Å²) in [4.78, 5) is 24.6. The molecule has 0 radical (unpaired) electrons. The smallest absolute Gasteiger partial charge is 0.305 e. The second-order valence-corrected chi connectivity index (χ2v) is 21.8. The minimum absolute atomic E-state index is 0.00648. The molecule has 0 aromatic carbocycles. The van der Waals surface area contributed by atoms with E-state index >= 15 is 0 Å². The second-order valence-electron chi connectivity index (χ2n) is 21.8. The fourth-order valence-corrected chi connectivity index (χ4v) is 10.1. The first-order valence-electron chi connectivity index (χ1n) is 31.3. The van der Waals surface area contributed by atoms with Crippen molar-refractivity contribution in [3.05, 3.63) is 0 Å². The van der Waals surface area contributed by atoms with Crippen molar-refractivity contribution in [2.24, 2.45) is 0 Å². The third kappa shape index (κ3) is 54.2. The summed E-state index contributed by atoms with van der Waals surface area (Å²) >= 11 is 0. The van der Waals surface area contributed by atoms with Gasteiger partial charge in [-0.1, -0.05) is 322 Å². The van der Waals surface area contributed by atoms with Crippen molar-refractivity contribution in [2.75, 3.05) is 13.2 Å². The van der Waals surface area contributed by atoms with E-state index in [9.17, 15) is 19.8 Å². The normalized spacial score (nSPS) is 12.5. The van der Waals surface area contributed by atoms with Gasteiger partial charge >= 0.3 is 5.97 Å². The molecule has 0 rings (SSSR count). The zero-order chi connectivity index (χ0) is 49.3. The zero-order valence-corrected chi connectivity index (χ0v) is 46.4. The van der Waals surface area contributed by atoms with Crippen LogP contribution in [0.1, 0.15) is 361 Å². The molecule has 0 saturated carbocycles.